The van der Waals surface area contributed by atoms with Crippen LogP contribution >= 0.6 is 0 Å². The van der Waals surface area contributed by atoms with Gasteiger partial charge in [-0.05, 0) is 80.6 Å². The second kappa shape index (κ2) is 15.6. The van der Waals surface area contributed by atoms with Crippen molar-refractivity contribution in [3.8, 4) is 28.2 Å². The smallest absolute Gasteiger partial charge is 0.347 e. The van der Waals surface area contributed by atoms with Gasteiger partial charge in [-0.3, -0.25) is 0 Å². The van der Waals surface area contributed by atoms with E-state index in [4.69, 9.17) is 18.6 Å². The zero-order chi connectivity index (χ0) is 29.7. The van der Waals surface area contributed by atoms with Crippen molar-refractivity contribution in [2.24, 2.45) is 0 Å². The highest BCUT2D eigenvalue weighted by Crippen LogP contribution is 2.35. The van der Waals surface area contributed by atoms with Crippen molar-refractivity contribution in [2.75, 3.05) is 13.2 Å². The molecule has 6 heteroatoms. The predicted octanol–water partition coefficient (Wildman–Crippen LogP) is 9.17. The van der Waals surface area contributed by atoms with Crippen LogP contribution in [0.2, 0.25) is 0 Å². The topological polar surface area (TPSA) is 75.0 Å². The molecule has 0 saturated carbocycles. The quantitative estimate of drug-likeness (QED) is 0.0762. The Labute approximate surface area is 248 Å². The number of rotatable bonds is 16. The zero-order valence-electron chi connectivity index (χ0n) is 24.6. The van der Waals surface area contributed by atoms with Crippen molar-refractivity contribution in [2.45, 2.75) is 64.9 Å². The number of unbranched alkanes of at least 4 members (excludes halogenated alkanes) is 6. The number of furan rings is 1. The number of carbonyl (C=O) groups is 2. The monoisotopic (exact) mass is 568 g/mol. The number of esters is 2. The number of fused-ring (bicyclic) bond motifs is 1. The number of hydrogen-bond donors (Lipinski definition) is 0. The van der Waals surface area contributed by atoms with Crippen LogP contribution in [0.25, 0.3) is 33.4 Å². The van der Waals surface area contributed by atoms with Gasteiger partial charge < -0.3 is 18.6 Å². The van der Waals surface area contributed by atoms with Crippen molar-refractivity contribution in [3.63, 3.8) is 0 Å². The average molecular weight is 569 g/mol. The van der Waals surface area contributed by atoms with E-state index in [1.54, 1.807) is 31.2 Å². The lowest BCUT2D eigenvalue weighted by Crippen LogP contribution is -2.26. The molecule has 0 aliphatic carbocycles. The van der Waals surface area contributed by atoms with Crippen LogP contribution < -0.4 is 4.74 Å². The summed E-state index contributed by atoms with van der Waals surface area (Å²) in [5.74, 6) is 0.411. The van der Waals surface area contributed by atoms with Gasteiger partial charge in [-0.25, -0.2) is 9.59 Å². The molecule has 220 valence electrons. The summed E-state index contributed by atoms with van der Waals surface area (Å²) in [6.45, 7) is 7.93. The lowest BCUT2D eigenvalue weighted by molar-refractivity contribution is -0.152. The van der Waals surface area contributed by atoms with Crippen LogP contribution in [0.1, 0.15) is 69.2 Å². The maximum absolute atomic E-state index is 12.5. The molecule has 0 fully saturated rings. The van der Waals surface area contributed by atoms with Crippen LogP contribution in [-0.4, -0.2) is 31.3 Å². The Kier molecular flexibility index (Phi) is 11.4. The molecule has 6 nitrogen and oxygen atoms in total. The van der Waals surface area contributed by atoms with Gasteiger partial charge in [-0.15, -0.1) is 6.58 Å². The number of carbonyl (C=O) groups excluding carboxylic acids is 2. The van der Waals surface area contributed by atoms with Crippen molar-refractivity contribution in [1.29, 1.82) is 0 Å². The van der Waals surface area contributed by atoms with Crippen LogP contribution in [0.3, 0.4) is 0 Å². The molecule has 0 amide bonds. The number of hydrogen-bond acceptors (Lipinski definition) is 6. The van der Waals surface area contributed by atoms with E-state index in [1.165, 1.54) is 39.0 Å². The van der Waals surface area contributed by atoms with Crippen LogP contribution in [0, 0.1) is 0 Å². The van der Waals surface area contributed by atoms with E-state index in [9.17, 15) is 9.59 Å². The number of benzene rings is 3. The number of ether oxygens (including phenoxy) is 3. The molecule has 0 aliphatic heterocycles. The van der Waals surface area contributed by atoms with Gasteiger partial charge in [0.25, 0.3) is 0 Å². The van der Waals surface area contributed by atoms with Crippen LogP contribution in [0.4, 0.5) is 0 Å². The van der Waals surface area contributed by atoms with E-state index in [0.29, 0.717) is 11.3 Å². The summed E-state index contributed by atoms with van der Waals surface area (Å²) >= 11 is 0. The summed E-state index contributed by atoms with van der Waals surface area (Å²) < 4.78 is 22.3. The Morgan fingerprint density at radius 2 is 1.57 bits per heavy atom. The van der Waals surface area contributed by atoms with Crippen LogP contribution in [-0.2, 0) is 14.3 Å². The summed E-state index contributed by atoms with van der Waals surface area (Å²) in [5.41, 5.74) is 4.09. The van der Waals surface area contributed by atoms with Gasteiger partial charge in [0, 0.05) is 10.9 Å². The molecule has 0 saturated heterocycles. The first-order valence-corrected chi connectivity index (χ1v) is 14.8. The molecule has 0 spiro atoms. The molecule has 0 bridgehead atoms. The highest BCUT2D eigenvalue weighted by atomic mass is 16.6. The minimum absolute atomic E-state index is 0.228. The molecule has 3 aromatic carbocycles. The minimum Gasteiger partial charge on any atom is -0.494 e. The first kappa shape index (κ1) is 30.6. The summed E-state index contributed by atoms with van der Waals surface area (Å²) in [6, 6.07) is 23.1. The van der Waals surface area contributed by atoms with E-state index in [2.05, 4.69) is 24.8 Å². The molecule has 1 atom stereocenters. The SMILES string of the molecule is C=CCCCCCCCCOc1ccc(-c2cccc3oc(-c4ccc(C(=O)OC(C)C(=O)OCC)cc4)cc23)cc1. The normalized spacial score (nSPS) is 11.7. The van der Waals surface area contributed by atoms with E-state index in [1.807, 2.05) is 36.4 Å². The maximum atomic E-state index is 12.5. The molecule has 1 unspecified atom stereocenters. The van der Waals surface area contributed by atoms with Gasteiger partial charge in [0.15, 0.2) is 6.10 Å². The van der Waals surface area contributed by atoms with Crippen molar-refractivity contribution >= 4 is 22.9 Å². The lowest BCUT2D eigenvalue weighted by Gasteiger charge is -2.12. The first-order chi connectivity index (χ1) is 20.5. The Bertz CT molecular complexity index is 1450. The average Bonchev–Trinajstić information content (AvgIpc) is 3.45. The molecule has 42 heavy (non-hydrogen) atoms. The highest BCUT2D eigenvalue weighted by Gasteiger charge is 2.20. The second-order valence-electron chi connectivity index (χ2n) is 10.3. The van der Waals surface area contributed by atoms with E-state index >= 15 is 0 Å². The fourth-order valence-corrected chi connectivity index (χ4v) is 4.78. The van der Waals surface area contributed by atoms with Gasteiger partial charge in [0.1, 0.15) is 17.1 Å². The van der Waals surface area contributed by atoms with Gasteiger partial charge in [-0.1, -0.05) is 68.2 Å². The molecule has 1 heterocycles. The highest BCUT2D eigenvalue weighted by molar-refractivity contribution is 5.97. The molecule has 0 N–H and O–H groups in total. The minimum atomic E-state index is -0.973. The summed E-state index contributed by atoms with van der Waals surface area (Å²) in [6.07, 6.45) is 9.45. The maximum Gasteiger partial charge on any atom is 0.347 e. The number of allylic oxidation sites excluding steroid dienone is 1. The van der Waals surface area contributed by atoms with Gasteiger partial charge >= 0.3 is 11.9 Å². The van der Waals surface area contributed by atoms with E-state index < -0.39 is 18.0 Å². The summed E-state index contributed by atoms with van der Waals surface area (Å²) in [5, 5.41) is 1.00. The van der Waals surface area contributed by atoms with Gasteiger partial charge in [-0.2, -0.15) is 0 Å². The second-order valence-corrected chi connectivity index (χ2v) is 10.3. The van der Waals surface area contributed by atoms with Crippen molar-refractivity contribution in [1.82, 2.24) is 0 Å². The predicted molar refractivity (Wildman–Crippen MR) is 167 cm³/mol. The molecule has 0 radical (unpaired) electrons. The summed E-state index contributed by atoms with van der Waals surface area (Å²) in [7, 11) is 0. The lowest BCUT2D eigenvalue weighted by atomic mass is 10.0. The molecule has 0 aliphatic rings. The van der Waals surface area contributed by atoms with E-state index in [0.717, 1.165) is 52.9 Å². The standard InChI is InChI=1S/C36H40O6/c1-4-6-7-8-9-10-11-12-24-40-30-22-20-27(21-23-30)31-14-13-15-33-32(31)25-34(42-33)28-16-18-29(19-17-28)36(38)41-26(3)35(37)39-5-2/h4,13-23,25-26H,1,5-12,24H2,2-3H3. The van der Waals surface area contributed by atoms with Crippen molar-refractivity contribution in [3.05, 3.63) is 91.0 Å². The fourth-order valence-electron chi connectivity index (χ4n) is 4.78. The Morgan fingerprint density at radius 1 is 0.881 bits per heavy atom. The molecular formula is C36H40O6. The third-order valence-corrected chi connectivity index (χ3v) is 7.11. The molecule has 4 rings (SSSR count). The first-order valence-electron chi connectivity index (χ1n) is 14.8. The van der Waals surface area contributed by atoms with Crippen molar-refractivity contribution < 1.29 is 28.2 Å². The Balaban J connectivity index is 1.36. The molecule has 4 aromatic rings. The Hall–Kier alpha value is -4.32. The Morgan fingerprint density at radius 3 is 2.29 bits per heavy atom. The van der Waals surface area contributed by atoms with Crippen LogP contribution in [0.15, 0.2) is 89.9 Å². The third-order valence-electron chi connectivity index (χ3n) is 7.11. The molecule has 1 aromatic heterocycles. The largest absolute Gasteiger partial charge is 0.494 e. The van der Waals surface area contributed by atoms with Gasteiger partial charge in [0.2, 0.25) is 0 Å². The van der Waals surface area contributed by atoms with Gasteiger partial charge in [0.05, 0.1) is 18.8 Å². The fraction of sp³-hybridized carbons (Fsp3) is 0.333. The third kappa shape index (κ3) is 8.35. The molecular weight excluding hydrogens is 528 g/mol. The van der Waals surface area contributed by atoms with E-state index in [-0.39, 0.29) is 6.61 Å². The zero-order valence-corrected chi connectivity index (χ0v) is 24.6. The van der Waals surface area contributed by atoms with Crippen LogP contribution in [0.5, 0.6) is 5.75 Å². The summed E-state index contributed by atoms with van der Waals surface area (Å²) in [4.78, 5) is 24.2.